The van der Waals surface area contributed by atoms with Crippen LogP contribution in [-0.2, 0) is 9.09 Å². The van der Waals surface area contributed by atoms with Gasteiger partial charge < -0.3 is 9.63 Å². The van der Waals surface area contributed by atoms with E-state index < -0.39 is 13.9 Å². The molecule has 0 heterocycles. The van der Waals surface area contributed by atoms with Crippen molar-refractivity contribution in [2.45, 2.75) is 6.92 Å². The highest BCUT2D eigenvalue weighted by Crippen LogP contribution is 2.40. The van der Waals surface area contributed by atoms with Crippen LogP contribution in [0.15, 0.2) is 12.7 Å². The van der Waals surface area contributed by atoms with E-state index in [1.54, 1.807) is 13.0 Å². The normalized spacial score (nSPS) is 15.8. The Morgan fingerprint density at radius 1 is 1.82 bits per heavy atom. The molecule has 2 N–H and O–H groups in total. The van der Waals surface area contributed by atoms with Crippen LogP contribution in [0, 0.1) is 0 Å². The lowest BCUT2D eigenvalue weighted by Crippen LogP contribution is -2.14. The average Bonchev–Trinajstić information content (AvgIpc) is 2.02. The molecular weight excluding hydrogens is 165 g/mol. The molecule has 0 bridgehead atoms. The monoisotopic (exact) mass is 179 g/mol. The van der Waals surface area contributed by atoms with Crippen molar-refractivity contribution in [1.82, 2.24) is 5.09 Å². The summed E-state index contributed by atoms with van der Waals surface area (Å²) in [5.41, 5.74) is 0. The smallest absolute Gasteiger partial charge is 0.294 e. The molecule has 0 rings (SSSR count). The van der Waals surface area contributed by atoms with Crippen LogP contribution in [0.5, 0.6) is 0 Å². The van der Waals surface area contributed by atoms with Gasteiger partial charge in [0.1, 0.15) is 6.35 Å². The van der Waals surface area contributed by atoms with Gasteiger partial charge in [-0.2, -0.15) is 0 Å². The molecule has 0 aliphatic heterocycles. The quantitative estimate of drug-likeness (QED) is 0.470. The first-order valence-electron chi connectivity index (χ1n) is 3.39. The number of aliphatic hydroxyl groups is 1. The van der Waals surface area contributed by atoms with Gasteiger partial charge in [-0.3, -0.25) is 4.57 Å². The molecule has 0 aliphatic rings. The summed E-state index contributed by atoms with van der Waals surface area (Å²) >= 11 is 0. The molecule has 0 radical (unpaired) electrons. The van der Waals surface area contributed by atoms with Crippen LogP contribution in [0.25, 0.3) is 0 Å². The third kappa shape index (κ3) is 4.32. The van der Waals surface area contributed by atoms with Crippen molar-refractivity contribution in [1.29, 1.82) is 0 Å². The van der Waals surface area contributed by atoms with E-state index in [9.17, 15) is 4.57 Å². The maximum atomic E-state index is 11.3. The predicted octanol–water partition coefficient (Wildman–Crippen LogP) is 0.941. The first kappa shape index (κ1) is 10.8. The van der Waals surface area contributed by atoms with E-state index in [1.807, 2.05) is 0 Å². The molecule has 0 aromatic carbocycles. The van der Waals surface area contributed by atoms with E-state index in [-0.39, 0.29) is 0 Å². The number of nitrogens with one attached hydrogen (secondary N) is 1. The number of hydrogen-bond acceptors (Lipinski definition) is 3. The topological polar surface area (TPSA) is 58.6 Å². The highest BCUT2D eigenvalue weighted by Gasteiger charge is 2.18. The van der Waals surface area contributed by atoms with Crippen molar-refractivity contribution in [3.8, 4) is 0 Å². The summed E-state index contributed by atoms with van der Waals surface area (Å²) in [4.78, 5) is 0. The molecule has 4 nitrogen and oxygen atoms in total. The lowest BCUT2D eigenvalue weighted by molar-refractivity contribution is 0.277. The summed E-state index contributed by atoms with van der Waals surface area (Å²) in [5.74, 6) is 0. The standard InChI is InChI=1S/C6H14NO3P/c1-3-5-7-11(9,6-8)10-4-2/h3,8H,1,4-6H2,2H3,(H,7,9). The molecule has 1 atom stereocenters. The zero-order valence-corrected chi connectivity index (χ0v) is 7.51. The van der Waals surface area contributed by atoms with Crippen molar-refractivity contribution in [2.24, 2.45) is 0 Å². The highest BCUT2D eigenvalue weighted by molar-refractivity contribution is 7.56. The molecule has 1 unspecified atom stereocenters. The molecule has 11 heavy (non-hydrogen) atoms. The van der Waals surface area contributed by atoms with Gasteiger partial charge in [-0.1, -0.05) is 6.08 Å². The molecule has 0 aromatic heterocycles. The Balaban J connectivity index is 3.88. The fourth-order valence-electron chi connectivity index (χ4n) is 0.549. The van der Waals surface area contributed by atoms with Crippen LogP contribution < -0.4 is 5.09 Å². The maximum Gasteiger partial charge on any atom is 0.294 e. The van der Waals surface area contributed by atoms with Gasteiger partial charge in [0.25, 0.3) is 7.52 Å². The third-order valence-electron chi connectivity index (χ3n) is 1.00. The second-order valence-electron chi connectivity index (χ2n) is 1.88. The second kappa shape index (κ2) is 5.49. The number of aliphatic hydroxyl groups excluding tert-OH is 1. The van der Waals surface area contributed by atoms with Crippen LogP contribution in [0.4, 0.5) is 0 Å². The molecule has 0 saturated heterocycles. The zero-order chi connectivity index (χ0) is 8.74. The maximum absolute atomic E-state index is 11.3. The van der Waals surface area contributed by atoms with Crippen molar-refractivity contribution in [3.05, 3.63) is 12.7 Å². The Morgan fingerprint density at radius 2 is 2.45 bits per heavy atom. The lowest BCUT2D eigenvalue weighted by Gasteiger charge is -2.14. The summed E-state index contributed by atoms with van der Waals surface area (Å²) in [6.07, 6.45) is 1.08. The molecular formula is C6H14NO3P. The van der Waals surface area contributed by atoms with Gasteiger partial charge in [0.15, 0.2) is 0 Å². The van der Waals surface area contributed by atoms with Crippen LogP contribution in [0.2, 0.25) is 0 Å². The van der Waals surface area contributed by atoms with Gasteiger partial charge in [-0.15, -0.1) is 6.58 Å². The van der Waals surface area contributed by atoms with Crippen LogP contribution >= 0.6 is 7.52 Å². The van der Waals surface area contributed by atoms with Gasteiger partial charge in [-0.05, 0) is 6.92 Å². The summed E-state index contributed by atoms with van der Waals surface area (Å²) < 4.78 is 16.1. The fraction of sp³-hybridized carbons (Fsp3) is 0.667. The molecule has 0 aromatic rings. The van der Waals surface area contributed by atoms with E-state index >= 15 is 0 Å². The first-order chi connectivity index (χ1) is 5.18. The van der Waals surface area contributed by atoms with Gasteiger partial charge >= 0.3 is 0 Å². The fourth-order valence-corrected chi connectivity index (χ4v) is 1.65. The zero-order valence-electron chi connectivity index (χ0n) is 6.62. The Hall–Kier alpha value is -0.150. The predicted molar refractivity (Wildman–Crippen MR) is 44.5 cm³/mol. The van der Waals surface area contributed by atoms with Crippen molar-refractivity contribution < 1.29 is 14.2 Å². The summed E-state index contributed by atoms with van der Waals surface area (Å²) in [6, 6.07) is 0. The van der Waals surface area contributed by atoms with E-state index in [4.69, 9.17) is 9.63 Å². The van der Waals surface area contributed by atoms with E-state index in [0.717, 1.165) is 0 Å². The third-order valence-corrected chi connectivity index (χ3v) is 2.71. The average molecular weight is 179 g/mol. The summed E-state index contributed by atoms with van der Waals surface area (Å²) in [5, 5.41) is 11.2. The Bertz CT molecular complexity index is 160. The van der Waals surface area contributed by atoms with Gasteiger partial charge in [-0.25, -0.2) is 5.09 Å². The molecule has 0 spiro atoms. The van der Waals surface area contributed by atoms with Gasteiger partial charge in [0.2, 0.25) is 0 Å². The van der Waals surface area contributed by atoms with E-state index in [2.05, 4.69) is 11.7 Å². The SMILES string of the molecule is C=CCNP(=O)(CO)OCC. The summed E-state index contributed by atoms with van der Waals surface area (Å²) in [7, 11) is -2.98. The van der Waals surface area contributed by atoms with Crippen molar-refractivity contribution >= 4 is 7.52 Å². The van der Waals surface area contributed by atoms with Crippen LogP contribution in [0.3, 0.4) is 0 Å². The molecule has 0 amide bonds. The highest BCUT2D eigenvalue weighted by atomic mass is 31.2. The molecule has 0 aliphatic carbocycles. The van der Waals surface area contributed by atoms with Crippen LogP contribution in [-0.4, -0.2) is 24.6 Å². The minimum Gasteiger partial charge on any atom is -0.385 e. The molecule has 5 heteroatoms. The largest absolute Gasteiger partial charge is 0.385 e. The first-order valence-corrected chi connectivity index (χ1v) is 5.20. The molecule has 0 saturated carbocycles. The number of hydrogen-bond donors (Lipinski definition) is 2. The van der Waals surface area contributed by atoms with Crippen molar-refractivity contribution in [3.63, 3.8) is 0 Å². The lowest BCUT2D eigenvalue weighted by atomic mass is 10.7. The molecule has 66 valence electrons. The Morgan fingerprint density at radius 3 is 2.82 bits per heavy atom. The van der Waals surface area contributed by atoms with Gasteiger partial charge in [0, 0.05) is 6.54 Å². The van der Waals surface area contributed by atoms with Gasteiger partial charge in [0.05, 0.1) is 6.61 Å². The minimum absolute atomic E-state index is 0.321. The Kier molecular flexibility index (Phi) is 5.42. The summed E-state index contributed by atoms with van der Waals surface area (Å²) in [6.45, 7) is 5.85. The van der Waals surface area contributed by atoms with E-state index in [0.29, 0.717) is 13.2 Å². The van der Waals surface area contributed by atoms with Crippen LogP contribution in [0.1, 0.15) is 6.92 Å². The van der Waals surface area contributed by atoms with E-state index in [1.165, 1.54) is 0 Å². The Labute approximate surface area is 66.8 Å². The van der Waals surface area contributed by atoms with Crippen molar-refractivity contribution in [2.75, 3.05) is 19.5 Å². The minimum atomic E-state index is -2.98. The molecule has 0 fully saturated rings. The number of rotatable bonds is 6. The second-order valence-corrected chi connectivity index (χ2v) is 4.09.